The van der Waals surface area contributed by atoms with E-state index in [-0.39, 0.29) is 5.97 Å². The van der Waals surface area contributed by atoms with Crippen LogP contribution in [0.25, 0.3) is 0 Å². The molecule has 0 aliphatic rings. The first-order valence-electron chi connectivity index (χ1n) is 6.97. The Morgan fingerprint density at radius 1 is 1.10 bits per heavy atom. The van der Waals surface area contributed by atoms with E-state index in [1.54, 1.807) is 13.8 Å². The Labute approximate surface area is 122 Å². The Morgan fingerprint density at radius 3 is 1.95 bits per heavy atom. The Kier molecular flexibility index (Phi) is 4.65. The van der Waals surface area contributed by atoms with Crippen molar-refractivity contribution in [3.05, 3.63) is 34.9 Å². The summed E-state index contributed by atoms with van der Waals surface area (Å²) in [5, 5.41) is 10.8. The van der Waals surface area contributed by atoms with Crippen molar-refractivity contribution in [3.8, 4) is 0 Å². The number of hydrogen-bond acceptors (Lipinski definition) is 3. The number of hydrogen-bond donors (Lipinski definition) is 1. The van der Waals surface area contributed by atoms with Crippen LogP contribution in [0, 0.1) is 19.8 Å². The van der Waals surface area contributed by atoms with Crippen molar-refractivity contribution < 1.29 is 14.6 Å². The van der Waals surface area contributed by atoms with Gasteiger partial charge in [0, 0.05) is 0 Å². The van der Waals surface area contributed by atoms with Gasteiger partial charge in [0.2, 0.25) is 0 Å². The number of aryl methyl sites for hydroxylation is 2. The summed E-state index contributed by atoms with van der Waals surface area (Å²) in [7, 11) is 0. The van der Waals surface area contributed by atoms with Crippen LogP contribution in [0.15, 0.2) is 18.2 Å². The largest absolute Gasteiger partial charge is 0.460 e. The first-order valence-corrected chi connectivity index (χ1v) is 6.97. The summed E-state index contributed by atoms with van der Waals surface area (Å²) in [5.74, 6) is -1.02. The first kappa shape index (κ1) is 16.7. The smallest absolute Gasteiger partial charge is 0.312 e. The lowest BCUT2D eigenvalue weighted by atomic mass is 9.82. The fraction of sp³-hybridized carbons (Fsp3) is 0.588. The molecule has 0 saturated carbocycles. The zero-order chi connectivity index (χ0) is 15.7. The maximum atomic E-state index is 12.2. The summed E-state index contributed by atoms with van der Waals surface area (Å²) in [6.45, 7) is 12.8. The van der Waals surface area contributed by atoms with Crippen LogP contribution in [-0.2, 0) is 15.1 Å². The van der Waals surface area contributed by atoms with E-state index >= 15 is 0 Å². The zero-order valence-corrected chi connectivity index (χ0v) is 13.6. The van der Waals surface area contributed by atoms with Crippen LogP contribution in [0.1, 0.15) is 51.3 Å². The van der Waals surface area contributed by atoms with Gasteiger partial charge in [-0.15, -0.1) is 0 Å². The summed E-state index contributed by atoms with van der Waals surface area (Å²) in [6.07, 6.45) is 0. The van der Waals surface area contributed by atoms with Gasteiger partial charge in [-0.3, -0.25) is 4.79 Å². The van der Waals surface area contributed by atoms with E-state index in [2.05, 4.69) is 0 Å². The minimum absolute atomic E-state index is 0.387. The molecule has 1 aromatic rings. The van der Waals surface area contributed by atoms with Gasteiger partial charge in [0.1, 0.15) is 5.60 Å². The van der Waals surface area contributed by atoms with Crippen molar-refractivity contribution in [2.75, 3.05) is 0 Å². The number of carbonyl (C=O) groups is 1. The molecule has 3 heteroatoms. The number of aliphatic hydroxyl groups is 1. The van der Waals surface area contributed by atoms with Crippen molar-refractivity contribution in [1.82, 2.24) is 0 Å². The Bertz CT molecular complexity index is 475. The number of carbonyl (C=O) groups excluding carboxylic acids is 1. The van der Waals surface area contributed by atoms with E-state index in [1.165, 1.54) is 0 Å². The quantitative estimate of drug-likeness (QED) is 0.861. The highest BCUT2D eigenvalue weighted by molar-refractivity contribution is 5.74. The number of ether oxygens (including phenoxy) is 1. The Hall–Kier alpha value is -1.35. The average molecular weight is 278 g/mol. The standard InChI is InChI=1S/C17H26O3/c1-11-8-12(2)10-14(9-11)17(7,19)13(3)15(18)20-16(4,5)6/h8-10,13,19H,1-7H3. The fourth-order valence-electron chi connectivity index (χ4n) is 2.14. The van der Waals surface area contributed by atoms with Crippen LogP contribution in [0.3, 0.4) is 0 Å². The molecule has 1 rings (SSSR count). The van der Waals surface area contributed by atoms with E-state index in [1.807, 2.05) is 52.8 Å². The van der Waals surface area contributed by atoms with Crippen molar-refractivity contribution in [2.45, 2.75) is 59.7 Å². The summed E-state index contributed by atoms with van der Waals surface area (Å²) in [4.78, 5) is 12.2. The average Bonchev–Trinajstić information content (AvgIpc) is 2.24. The third-order valence-electron chi connectivity index (χ3n) is 3.41. The maximum absolute atomic E-state index is 12.2. The van der Waals surface area contributed by atoms with E-state index < -0.39 is 17.1 Å². The monoisotopic (exact) mass is 278 g/mol. The van der Waals surface area contributed by atoms with E-state index in [0.717, 1.165) is 16.7 Å². The second kappa shape index (κ2) is 5.57. The molecule has 2 atom stereocenters. The molecule has 0 fully saturated rings. The molecule has 0 radical (unpaired) electrons. The molecule has 3 nitrogen and oxygen atoms in total. The van der Waals surface area contributed by atoms with Gasteiger partial charge in [-0.1, -0.05) is 29.3 Å². The third-order valence-corrected chi connectivity index (χ3v) is 3.41. The van der Waals surface area contributed by atoms with Gasteiger partial charge in [0.05, 0.1) is 11.5 Å². The van der Waals surface area contributed by atoms with Crippen LogP contribution >= 0.6 is 0 Å². The molecule has 0 spiro atoms. The zero-order valence-electron chi connectivity index (χ0n) is 13.6. The van der Waals surface area contributed by atoms with Gasteiger partial charge in [-0.25, -0.2) is 0 Å². The van der Waals surface area contributed by atoms with Gasteiger partial charge < -0.3 is 9.84 Å². The van der Waals surface area contributed by atoms with E-state index in [4.69, 9.17) is 4.74 Å². The lowest BCUT2D eigenvalue weighted by Crippen LogP contribution is -2.39. The van der Waals surface area contributed by atoms with Crippen molar-refractivity contribution in [2.24, 2.45) is 5.92 Å². The second-order valence-electron chi connectivity index (χ2n) is 6.78. The Morgan fingerprint density at radius 2 is 1.55 bits per heavy atom. The summed E-state index contributed by atoms with van der Waals surface area (Å²) < 4.78 is 5.37. The maximum Gasteiger partial charge on any atom is 0.312 e. The highest BCUT2D eigenvalue weighted by Gasteiger charge is 2.38. The molecule has 1 N–H and O–H groups in total. The second-order valence-corrected chi connectivity index (χ2v) is 6.78. The lowest BCUT2D eigenvalue weighted by Gasteiger charge is -2.32. The minimum Gasteiger partial charge on any atom is -0.460 e. The SMILES string of the molecule is Cc1cc(C)cc(C(C)(O)C(C)C(=O)OC(C)(C)C)c1. The van der Waals surface area contributed by atoms with Crippen LogP contribution < -0.4 is 0 Å². The highest BCUT2D eigenvalue weighted by atomic mass is 16.6. The number of benzene rings is 1. The molecule has 0 aliphatic heterocycles. The number of rotatable bonds is 3. The third kappa shape index (κ3) is 4.07. The van der Waals surface area contributed by atoms with E-state index in [9.17, 15) is 9.90 Å². The molecule has 20 heavy (non-hydrogen) atoms. The van der Waals surface area contributed by atoms with Crippen LogP contribution in [0.2, 0.25) is 0 Å². The molecule has 0 saturated heterocycles. The molecule has 1 aromatic carbocycles. The molecule has 0 aromatic heterocycles. The van der Waals surface area contributed by atoms with E-state index in [0.29, 0.717) is 0 Å². The molecular formula is C17H26O3. The van der Waals surface area contributed by atoms with Crippen molar-refractivity contribution in [3.63, 3.8) is 0 Å². The van der Waals surface area contributed by atoms with Gasteiger partial charge in [-0.05, 0) is 54.0 Å². The summed E-state index contributed by atoms with van der Waals surface area (Å²) >= 11 is 0. The predicted octanol–water partition coefficient (Wildman–Crippen LogP) is 3.49. The molecule has 0 heterocycles. The Balaban J connectivity index is 3.05. The molecule has 0 amide bonds. The van der Waals surface area contributed by atoms with Gasteiger partial charge in [-0.2, -0.15) is 0 Å². The van der Waals surface area contributed by atoms with Crippen LogP contribution in [0.4, 0.5) is 0 Å². The van der Waals surface area contributed by atoms with Gasteiger partial charge in [0.15, 0.2) is 0 Å². The molecule has 112 valence electrons. The van der Waals surface area contributed by atoms with Gasteiger partial charge in [0.25, 0.3) is 0 Å². The lowest BCUT2D eigenvalue weighted by molar-refractivity contribution is -0.168. The normalized spacial score (nSPS) is 16.4. The fourth-order valence-corrected chi connectivity index (χ4v) is 2.14. The molecule has 0 bridgehead atoms. The van der Waals surface area contributed by atoms with Crippen molar-refractivity contribution >= 4 is 5.97 Å². The van der Waals surface area contributed by atoms with Crippen molar-refractivity contribution in [1.29, 1.82) is 0 Å². The summed E-state index contributed by atoms with van der Waals surface area (Å²) in [5.41, 5.74) is 1.07. The molecular weight excluding hydrogens is 252 g/mol. The molecule has 2 unspecified atom stereocenters. The predicted molar refractivity (Wildman–Crippen MR) is 80.5 cm³/mol. The molecule has 0 aliphatic carbocycles. The van der Waals surface area contributed by atoms with Crippen LogP contribution in [-0.4, -0.2) is 16.7 Å². The van der Waals surface area contributed by atoms with Gasteiger partial charge >= 0.3 is 5.97 Å². The minimum atomic E-state index is -1.25. The van der Waals surface area contributed by atoms with Crippen LogP contribution in [0.5, 0.6) is 0 Å². The first-order chi connectivity index (χ1) is 8.93. The summed E-state index contributed by atoms with van der Waals surface area (Å²) in [6, 6.07) is 5.86. The highest BCUT2D eigenvalue weighted by Crippen LogP contribution is 2.32. The topological polar surface area (TPSA) is 46.5 Å². The number of esters is 1.